The summed E-state index contributed by atoms with van der Waals surface area (Å²) in [6.45, 7) is 14.7. The topological polar surface area (TPSA) is 363 Å². The Kier molecular flexibility index (Phi) is 29.1. The van der Waals surface area contributed by atoms with Gasteiger partial charge < -0.3 is 76.8 Å². The van der Waals surface area contributed by atoms with Crippen molar-refractivity contribution >= 4 is 76.0 Å². The van der Waals surface area contributed by atoms with Crippen molar-refractivity contribution in [3.8, 4) is 0 Å². The molecule has 5 rings (SSSR count). The van der Waals surface area contributed by atoms with Gasteiger partial charge >= 0.3 is 18.1 Å². The predicted octanol–water partition coefficient (Wildman–Crippen LogP) is 5.13. The smallest absolute Gasteiger partial charge is 0.410 e. The maximum Gasteiger partial charge on any atom is 0.410 e. The summed E-state index contributed by atoms with van der Waals surface area (Å²) in [4.78, 5) is 142. The van der Waals surface area contributed by atoms with Crippen LogP contribution < -0.4 is 37.6 Å². The molecule has 510 valence electrons. The Morgan fingerprint density at radius 3 is 2.04 bits per heavy atom. The first kappa shape index (κ1) is 75.1. The molecule has 93 heavy (non-hydrogen) atoms. The van der Waals surface area contributed by atoms with Gasteiger partial charge in [0.1, 0.15) is 37.2 Å². The van der Waals surface area contributed by atoms with E-state index in [1.165, 1.54) is 21.3 Å². The van der Waals surface area contributed by atoms with E-state index in [1.54, 1.807) is 107 Å². The summed E-state index contributed by atoms with van der Waals surface area (Å²) in [6, 6.07) is 15.4. The van der Waals surface area contributed by atoms with E-state index in [1.807, 2.05) is 50.2 Å². The second-order valence-electron chi connectivity index (χ2n) is 24.8. The fourth-order valence-electron chi connectivity index (χ4n) is 12.0. The minimum absolute atomic E-state index is 0.00727. The van der Waals surface area contributed by atoms with Gasteiger partial charge in [-0.2, -0.15) is 0 Å². The summed E-state index contributed by atoms with van der Waals surface area (Å²) in [5, 5.41) is 37.3. The fraction of sp³-hybridized carbons (Fsp3) is 0.552. The van der Waals surface area contributed by atoms with Crippen molar-refractivity contribution in [3.63, 3.8) is 0 Å². The number of urea groups is 1. The van der Waals surface area contributed by atoms with Gasteiger partial charge in [0.05, 0.1) is 48.8 Å². The lowest BCUT2D eigenvalue weighted by atomic mass is 9.89. The molecule has 3 aromatic carbocycles. The number of carboxylic acids is 1. The molecule has 1 aliphatic heterocycles. The van der Waals surface area contributed by atoms with Crippen molar-refractivity contribution < 1.29 is 72.4 Å². The lowest BCUT2D eigenvalue weighted by Crippen LogP contribution is -2.60. The molecule has 4 aromatic rings. The van der Waals surface area contributed by atoms with E-state index in [0.29, 0.717) is 48.2 Å². The second-order valence-corrected chi connectivity index (χ2v) is 24.8. The van der Waals surface area contributed by atoms with Crippen LogP contribution in [0.2, 0.25) is 0 Å². The highest BCUT2D eigenvalue weighted by Crippen LogP contribution is 2.31. The molecule has 0 aliphatic carbocycles. The number of carboxylic acid groups (broad SMARTS) is 1. The number of aliphatic carboxylic acids is 1. The zero-order valence-electron chi connectivity index (χ0n) is 55.6. The number of para-hydroxylation sites is 1. The lowest BCUT2D eigenvalue weighted by Gasteiger charge is -2.41. The molecule has 0 radical (unpaired) electrons. The Bertz CT molecular complexity index is 3160. The van der Waals surface area contributed by atoms with Gasteiger partial charge in [0.2, 0.25) is 41.4 Å². The van der Waals surface area contributed by atoms with E-state index < -0.39 is 132 Å². The number of hydrogen-bond acceptors (Lipinski definition) is 14. The second kappa shape index (κ2) is 36.0. The van der Waals surface area contributed by atoms with Crippen LogP contribution in [0.4, 0.5) is 15.3 Å². The van der Waals surface area contributed by atoms with Crippen LogP contribution in [0.1, 0.15) is 123 Å². The Hall–Kier alpha value is -8.62. The number of nitrogens with zero attached hydrogens (tertiary/aromatic N) is 3. The number of likely N-dealkylation sites (tertiary alicyclic amines) is 1. The molecule has 0 bridgehead atoms. The summed E-state index contributed by atoms with van der Waals surface area (Å²) in [5.74, 6) is -7.12. The molecule has 0 spiro atoms. The van der Waals surface area contributed by atoms with Crippen LogP contribution >= 0.6 is 0 Å². The number of fused-ring (bicyclic) bond motifs is 1. The van der Waals surface area contributed by atoms with Crippen molar-refractivity contribution in [3.05, 3.63) is 102 Å². The molecule has 1 fully saturated rings. The van der Waals surface area contributed by atoms with Gasteiger partial charge in [-0.25, -0.2) is 9.59 Å². The summed E-state index contributed by atoms with van der Waals surface area (Å²) >= 11 is 0. The normalized spacial score (nSPS) is 16.6. The SMILES string of the molecule is CC[C@H](C)[C@@H]([C@@H](CC(=O)N1CCC[C@H]1[C@H](OC)[C@@H](C)C(=O)N[C@H](C)[C@@H](O)c1ccccc1)OC)N(C)C(=O)[C@@H](NC(=O)[C@H](C(C)C)N(C)C(=O)OCc1ccc(NC(=O)[C@H](CCCNC(N)=O)NC(=O)[C@H](Cc2c[nH]c3ccccc23)NC(=O)CC(=O)O)cc1)C(C)C. The van der Waals surface area contributed by atoms with E-state index in [9.17, 15) is 58.2 Å². The number of anilines is 1. The van der Waals surface area contributed by atoms with E-state index in [4.69, 9.17) is 19.9 Å². The largest absolute Gasteiger partial charge is 0.481 e. The van der Waals surface area contributed by atoms with Crippen LogP contribution in [-0.4, -0.2) is 185 Å². The number of rotatable bonds is 35. The number of hydrogen-bond donors (Lipinski definition) is 10. The van der Waals surface area contributed by atoms with Gasteiger partial charge in [-0.1, -0.05) is 116 Å². The number of nitrogens with two attached hydrogens (primary N) is 1. The first-order valence-electron chi connectivity index (χ1n) is 31.8. The van der Waals surface area contributed by atoms with Gasteiger partial charge in [-0.3, -0.25) is 43.3 Å². The zero-order chi connectivity index (χ0) is 68.8. The summed E-state index contributed by atoms with van der Waals surface area (Å²) in [6.07, 6.45) is -0.543. The Morgan fingerprint density at radius 1 is 0.763 bits per heavy atom. The number of aliphatic hydroxyl groups excluding tert-OH is 1. The summed E-state index contributed by atoms with van der Waals surface area (Å²) in [7, 11) is 6.06. The van der Waals surface area contributed by atoms with Crippen LogP contribution in [0.25, 0.3) is 10.9 Å². The number of primary amides is 1. The highest BCUT2D eigenvalue weighted by Gasteiger charge is 2.44. The number of nitrogens with one attached hydrogen (secondary N) is 7. The predicted molar refractivity (Wildman–Crippen MR) is 348 cm³/mol. The monoisotopic (exact) mass is 1300 g/mol. The van der Waals surface area contributed by atoms with E-state index in [2.05, 4.69) is 36.9 Å². The third-order valence-electron chi connectivity index (χ3n) is 17.3. The van der Waals surface area contributed by atoms with Crippen molar-refractivity contribution in [2.45, 2.75) is 174 Å². The highest BCUT2D eigenvalue weighted by molar-refractivity contribution is 6.00. The molecule has 0 saturated carbocycles. The van der Waals surface area contributed by atoms with Gasteiger partial charge in [0.25, 0.3) is 0 Å². The number of benzene rings is 3. The summed E-state index contributed by atoms with van der Waals surface area (Å²) < 4.78 is 17.7. The number of carbonyl (C=O) groups excluding carboxylic acids is 9. The molecule has 0 unspecified atom stereocenters. The number of ether oxygens (including phenoxy) is 3. The van der Waals surface area contributed by atoms with Gasteiger partial charge in [-0.05, 0) is 85.3 Å². The van der Waals surface area contributed by atoms with Crippen LogP contribution in [0.5, 0.6) is 0 Å². The van der Waals surface area contributed by atoms with Crippen LogP contribution in [0.3, 0.4) is 0 Å². The Labute approximate surface area is 544 Å². The third kappa shape index (κ3) is 21.2. The molecule has 26 nitrogen and oxygen atoms in total. The Morgan fingerprint density at radius 2 is 1.43 bits per heavy atom. The number of aromatic amines is 1. The number of carbonyl (C=O) groups is 10. The van der Waals surface area contributed by atoms with Crippen molar-refractivity contribution in [2.75, 3.05) is 46.7 Å². The van der Waals surface area contributed by atoms with Crippen LogP contribution in [0.15, 0.2) is 85.1 Å². The Balaban J connectivity index is 1.22. The fourth-order valence-corrected chi connectivity index (χ4v) is 12.0. The van der Waals surface area contributed by atoms with E-state index >= 15 is 0 Å². The molecule has 1 aliphatic rings. The lowest BCUT2D eigenvalue weighted by molar-refractivity contribution is -0.148. The van der Waals surface area contributed by atoms with Gasteiger partial charge in [0, 0.05) is 70.6 Å². The first-order chi connectivity index (χ1) is 44.1. The molecular formula is C67H97N11O15. The highest BCUT2D eigenvalue weighted by atomic mass is 16.6. The molecule has 2 heterocycles. The van der Waals surface area contributed by atoms with Gasteiger partial charge in [0.15, 0.2) is 0 Å². The van der Waals surface area contributed by atoms with Crippen LogP contribution in [-0.2, 0) is 65.6 Å². The average Bonchev–Trinajstić information content (AvgIpc) is 1.82. The molecule has 1 aromatic heterocycles. The molecular weight excluding hydrogens is 1200 g/mol. The minimum Gasteiger partial charge on any atom is -0.481 e. The molecule has 26 heteroatoms. The average molecular weight is 1300 g/mol. The van der Waals surface area contributed by atoms with E-state index in [-0.39, 0.29) is 56.6 Å². The van der Waals surface area contributed by atoms with Gasteiger partial charge in [-0.15, -0.1) is 0 Å². The van der Waals surface area contributed by atoms with Crippen molar-refractivity contribution in [1.82, 2.24) is 46.3 Å². The maximum atomic E-state index is 14.8. The zero-order valence-corrected chi connectivity index (χ0v) is 55.6. The molecule has 12 atom stereocenters. The number of likely N-dealkylation sites (N-methyl/N-ethyl adjacent to an activating group) is 2. The number of aliphatic hydroxyl groups is 1. The number of aromatic nitrogens is 1. The number of methoxy groups -OCH3 is 2. The third-order valence-corrected chi connectivity index (χ3v) is 17.3. The van der Waals surface area contributed by atoms with Crippen LogP contribution in [0, 0.1) is 23.7 Å². The standard InChI is InChI=1S/C67H97N11O15/c1-13-40(6)58(52(91-11)34-54(80)78-32-20-26-51(78)60(92-12)41(7)61(84)71-42(8)59(83)44-21-15-14-16-22-44)76(9)65(88)56(38(2)3)75-64(87)57(39(4)5)77(10)67(90)93-37-43-27-29-46(30-28-43)72-62(85)49(25-19-31-69-66(68)89)74-63(86)50(73-53(79)35-55(81)82)33-45-36-70-48-24-18-17-23-47(45)48/h14-18,21-24,27-30,36,38-42,49-52,56-60,70,83H,13,19-20,25-26,31-35,37H2,1-12H3,(H,71,84)(H,72,85)(H,73,79)(H,74,86)(H,75,87)(H,81,82)(H3,68,69,89)/t40-,41+,42+,49-,50-,51-,52+,56-,57-,58-,59+,60+/m0/s1. The number of H-pyrrole nitrogens is 1. The van der Waals surface area contributed by atoms with Crippen molar-refractivity contribution in [2.24, 2.45) is 29.4 Å². The summed E-state index contributed by atoms with van der Waals surface area (Å²) in [5.41, 5.74) is 8.12. The van der Waals surface area contributed by atoms with E-state index in [0.717, 1.165) is 15.8 Å². The maximum absolute atomic E-state index is 14.8. The van der Waals surface area contributed by atoms with Crippen molar-refractivity contribution in [1.29, 1.82) is 0 Å². The quantitative estimate of drug-likeness (QED) is 0.0211. The molecule has 10 amide bonds. The molecule has 11 N–H and O–H groups in total. The first-order valence-corrected chi connectivity index (χ1v) is 31.8. The molecule has 1 saturated heterocycles. The minimum atomic E-state index is -1.40. The number of amides is 10.